The van der Waals surface area contributed by atoms with Crippen LogP contribution in [0.5, 0.6) is 0 Å². The van der Waals surface area contributed by atoms with Gasteiger partial charge in [0.05, 0.1) is 0 Å². The van der Waals surface area contributed by atoms with Gasteiger partial charge in [0, 0.05) is 25.4 Å². The molecule has 1 atom stereocenters. The Balaban J connectivity index is 3.85. The Morgan fingerprint density at radius 1 is 0.421 bits per heavy atom. The second-order valence-electron chi connectivity index (χ2n) is 11.8. The number of hydrogen-bond acceptors (Lipinski definition) is 3. The van der Waals surface area contributed by atoms with Crippen LogP contribution in [0.15, 0.2) is 0 Å². The van der Waals surface area contributed by atoms with Crippen molar-refractivity contribution in [2.24, 2.45) is 0 Å². The molecular formula is C34H72O3Si. The molecule has 0 N–H and O–H groups in total. The van der Waals surface area contributed by atoms with Crippen molar-refractivity contribution in [2.45, 2.75) is 207 Å². The summed E-state index contributed by atoms with van der Waals surface area (Å²) in [6.07, 6.45) is 34.7. The van der Waals surface area contributed by atoms with Crippen molar-refractivity contribution in [1.29, 1.82) is 0 Å². The molecule has 4 heteroatoms. The molecule has 0 amide bonds. The second-order valence-corrected chi connectivity index (χ2v) is 14.5. The molecule has 0 bridgehead atoms. The third-order valence-electron chi connectivity index (χ3n) is 7.91. The van der Waals surface area contributed by atoms with E-state index in [0.717, 1.165) is 12.5 Å². The van der Waals surface area contributed by atoms with Crippen LogP contribution in [0.1, 0.15) is 195 Å². The quantitative estimate of drug-likeness (QED) is 0.0609. The van der Waals surface area contributed by atoms with E-state index in [0.29, 0.717) is 13.2 Å². The van der Waals surface area contributed by atoms with E-state index in [-0.39, 0.29) is 6.10 Å². The smallest absolute Gasteiger partial charge is 0.374 e. The first-order chi connectivity index (χ1) is 18.6. The molecule has 0 aliphatic rings. The lowest BCUT2D eigenvalue weighted by molar-refractivity contribution is 0.0342. The van der Waals surface area contributed by atoms with Crippen molar-refractivity contribution >= 4 is 8.80 Å². The molecule has 0 aliphatic heterocycles. The zero-order chi connectivity index (χ0) is 28.0. The van der Waals surface area contributed by atoms with E-state index < -0.39 is 8.80 Å². The largest absolute Gasteiger partial charge is 0.501 e. The molecule has 0 aromatic rings. The highest BCUT2D eigenvalue weighted by atomic mass is 28.4. The highest BCUT2D eigenvalue weighted by Crippen LogP contribution is 2.24. The summed E-state index contributed by atoms with van der Waals surface area (Å²) in [4.78, 5) is 0. The normalized spacial score (nSPS) is 12.9. The number of hydrogen-bond donors (Lipinski definition) is 0. The maximum atomic E-state index is 6.60. The first-order valence-corrected chi connectivity index (χ1v) is 19.5. The molecule has 230 valence electrons. The van der Waals surface area contributed by atoms with Gasteiger partial charge >= 0.3 is 8.80 Å². The van der Waals surface area contributed by atoms with Crippen LogP contribution in [0.25, 0.3) is 0 Å². The Kier molecular flexibility index (Phi) is 30.1. The van der Waals surface area contributed by atoms with E-state index in [2.05, 4.69) is 34.6 Å². The first kappa shape index (κ1) is 38.1. The molecule has 0 saturated heterocycles. The van der Waals surface area contributed by atoms with E-state index in [9.17, 15) is 0 Å². The van der Waals surface area contributed by atoms with Gasteiger partial charge < -0.3 is 13.3 Å². The van der Waals surface area contributed by atoms with Crippen LogP contribution in [-0.4, -0.2) is 28.1 Å². The van der Waals surface area contributed by atoms with Gasteiger partial charge in [-0.25, -0.2) is 0 Å². The predicted octanol–water partition coefficient (Wildman–Crippen LogP) is 12.2. The molecule has 0 saturated carbocycles. The van der Waals surface area contributed by atoms with Gasteiger partial charge in [-0.15, -0.1) is 0 Å². The molecule has 3 nitrogen and oxygen atoms in total. The van der Waals surface area contributed by atoms with Gasteiger partial charge in [-0.3, -0.25) is 0 Å². The van der Waals surface area contributed by atoms with Gasteiger partial charge in [-0.05, 0) is 33.6 Å². The van der Waals surface area contributed by atoms with Crippen LogP contribution >= 0.6 is 0 Å². The second kappa shape index (κ2) is 30.1. The van der Waals surface area contributed by atoms with Gasteiger partial charge in [0.1, 0.15) is 0 Å². The Bertz CT molecular complexity index is 439. The molecule has 0 radical (unpaired) electrons. The van der Waals surface area contributed by atoms with E-state index in [1.807, 2.05) is 0 Å². The molecular weight excluding hydrogens is 484 g/mol. The van der Waals surface area contributed by atoms with Crippen molar-refractivity contribution in [1.82, 2.24) is 0 Å². The molecule has 0 aliphatic carbocycles. The van der Waals surface area contributed by atoms with Crippen LogP contribution in [0, 0.1) is 0 Å². The fourth-order valence-corrected chi connectivity index (χ4v) is 8.49. The standard InChI is InChI=1S/C34H72O3Si/c1-6-10-12-14-16-18-19-20-21-22-23-24-25-26-28-30-32-34(5)37-38(35-8-3,36-9-4)33-31-29-27-17-15-13-11-7-2/h34H,6-33H2,1-5H3. The molecule has 0 heterocycles. The van der Waals surface area contributed by atoms with Gasteiger partial charge in [0.25, 0.3) is 0 Å². The summed E-state index contributed by atoms with van der Waals surface area (Å²) in [6, 6.07) is 0.979. The van der Waals surface area contributed by atoms with Crippen molar-refractivity contribution in [3.05, 3.63) is 0 Å². The van der Waals surface area contributed by atoms with E-state index in [1.54, 1.807) is 0 Å². The maximum absolute atomic E-state index is 6.60. The lowest BCUT2D eigenvalue weighted by atomic mass is 10.0. The third kappa shape index (κ3) is 25.1. The average Bonchev–Trinajstić information content (AvgIpc) is 2.90. The molecule has 38 heavy (non-hydrogen) atoms. The van der Waals surface area contributed by atoms with Gasteiger partial charge in [0.2, 0.25) is 0 Å². The summed E-state index contributed by atoms with van der Waals surface area (Å²) >= 11 is 0. The fraction of sp³-hybridized carbons (Fsp3) is 1.00. The summed E-state index contributed by atoms with van der Waals surface area (Å²) in [5.41, 5.74) is 0. The zero-order valence-electron chi connectivity index (χ0n) is 27.1. The minimum Gasteiger partial charge on any atom is -0.374 e. The van der Waals surface area contributed by atoms with Gasteiger partial charge in [-0.2, -0.15) is 0 Å². The molecule has 0 spiro atoms. The van der Waals surface area contributed by atoms with Crippen LogP contribution in [0.2, 0.25) is 6.04 Å². The summed E-state index contributed by atoms with van der Waals surface area (Å²) in [5.74, 6) is 0. The molecule has 0 aromatic carbocycles. The van der Waals surface area contributed by atoms with Crippen molar-refractivity contribution in [3.8, 4) is 0 Å². The van der Waals surface area contributed by atoms with Gasteiger partial charge in [-0.1, -0.05) is 162 Å². The molecule has 1 unspecified atom stereocenters. The summed E-state index contributed by atoms with van der Waals surface area (Å²) < 4.78 is 19.1. The zero-order valence-corrected chi connectivity index (χ0v) is 28.1. The van der Waals surface area contributed by atoms with E-state index in [4.69, 9.17) is 13.3 Å². The topological polar surface area (TPSA) is 27.7 Å². The van der Waals surface area contributed by atoms with Crippen molar-refractivity contribution in [3.63, 3.8) is 0 Å². The monoisotopic (exact) mass is 557 g/mol. The number of unbranched alkanes of at least 4 members (excludes halogenated alkanes) is 22. The molecule has 0 fully saturated rings. The highest BCUT2D eigenvalue weighted by Gasteiger charge is 2.41. The van der Waals surface area contributed by atoms with E-state index in [1.165, 1.54) is 154 Å². The fourth-order valence-electron chi connectivity index (χ4n) is 5.57. The van der Waals surface area contributed by atoms with Gasteiger partial charge in [0.15, 0.2) is 0 Å². The SMILES string of the molecule is CCCCCCCCCCCCCCCCCCC(C)O[Si](CCCCCCCCCC)(OCC)OCC. The summed E-state index contributed by atoms with van der Waals surface area (Å²) in [7, 11) is -2.55. The number of rotatable bonds is 32. The lowest BCUT2D eigenvalue weighted by Gasteiger charge is -2.32. The van der Waals surface area contributed by atoms with Crippen LogP contribution < -0.4 is 0 Å². The predicted molar refractivity (Wildman–Crippen MR) is 171 cm³/mol. The maximum Gasteiger partial charge on any atom is 0.501 e. The summed E-state index contributed by atoms with van der Waals surface area (Å²) in [5, 5.41) is 0. The summed E-state index contributed by atoms with van der Waals surface area (Å²) in [6.45, 7) is 12.4. The molecule has 0 aromatic heterocycles. The Morgan fingerprint density at radius 3 is 1.08 bits per heavy atom. The van der Waals surface area contributed by atoms with Crippen molar-refractivity contribution < 1.29 is 13.3 Å². The Hall–Kier alpha value is 0.0969. The molecule has 0 rings (SSSR count). The van der Waals surface area contributed by atoms with Crippen LogP contribution in [0.4, 0.5) is 0 Å². The minimum absolute atomic E-state index is 0.237. The third-order valence-corrected chi connectivity index (χ3v) is 11.1. The Labute approximate surface area is 242 Å². The average molecular weight is 557 g/mol. The Morgan fingerprint density at radius 2 is 0.737 bits per heavy atom. The highest BCUT2D eigenvalue weighted by molar-refractivity contribution is 6.60. The van der Waals surface area contributed by atoms with Crippen LogP contribution in [0.3, 0.4) is 0 Å². The minimum atomic E-state index is -2.55. The van der Waals surface area contributed by atoms with E-state index >= 15 is 0 Å². The van der Waals surface area contributed by atoms with Crippen molar-refractivity contribution in [2.75, 3.05) is 13.2 Å². The first-order valence-electron chi connectivity index (χ1n) is 17.6. The van der Waals surface area contributed by atoms with Crippen LogP contribution in [-0.2, 0) is 13.3 Å². The lowest BCUT2D eigenvalue weighted by Crippen LogP contribution is -2.48.